The highest BCUT2D eigenvalue weighted by molar-refractivity contribution is 6.23. The van der Waals surface area contributed by atoms with Gasteiger partial charge in [0.2, 0.25) is 11.8 Å². The molecule has 8 aromatic carbocycles. The van der Waals surface area contributed by atoms with Gasteiger partial charge in [0, 0.05) is 32.8 Å². The fourth-order valence-electron chi connectivity index (χ4n) is 8.62. The average Bonchev–Trinajstić information content (AvgIpc) is 4.00. The largest absolute Gasteiger partial charge is 0.434 e. The van der Waals surface area contributed by atoms with Crippen molar-refractivity contribution in [2.24, 2.45) is 0 Å². The van der Waals surface area contributed by atoms with E-state index >= 15 is 0 Å². The van der Waals surface area contributed by atoms with Crippen molar-refractivity contribution in [3.05, 3.63) is 194 Å². The Balaban J connectivity index is 1.20. The van der Waals surface area contributed by atoms with E-state index in [1.165, 1.54) is 11.1 Å². The third-order valence-corrected chi connectivity index (χ3v) is 11.2. The van der Waals surface area contributed by atoms with Crippen LogP contribution in [-0.4, -0.2) is 29.1 Å². The van der Waals surface area contributed by atoms with Crippen molar-refractivity contribution in [2.45, 2.75) is 0 Å². The van der Waals surface area contributed by atoms with Crippen LogP contribution in [0.1, 0.15) is 0 Å². The predicted molar refractivity (Wildman–Crippen MR) is 238 cm³/mol. The molecule has 7 heteroatoms. The van der Waals surface area contributed by atoms with Gasteiger partial charge in [-0.3, -0.25) is 4.57 Å². The molecule has 0 unspecified atom stereocenters. The van der Waals surface area contributed by atoms with Crippen LogP contribution in [0.3, 0.4) is 0 Å². The molecule has 0 aliphatic carbocycles. The Kier molecular flexibility index (Phi) is 7.40. The van der Waals surface area contributed by atoms with Crippen LogP contribution in [0.4, 0.5) is 0 Å². The average molecular weight is 757 g/mol. The van der Waals surface area contributed by atoms with Gasteiger partial charge in [-0.1, -0.05) is 158 Å². The maximum absolute atomic E-state index is 6.29. The summed E-state index contributed by atoms with van der Waals surface area (Å²) in [6.45, 7) is 0. The predicted octanol–water partition coefficient (Wildman–Crippen LogP) is 12.9. The fraction of sp³-hybridized carbons (Fsp3) is 0. The van der Waals surface area contributed by atoms with Gasteiger partial charge in [-0.15, -0.1) is 0 Å². The van der Waals surface area contributed by atoms with Crippen molar-refractivity contribution < 1.29 is 4.42 Å². The molecule has 0 saturated heterocycles. The van der Waals surface area contributed by atoms with E-state index < -0.39 is 0 Å². The van der Waals surface area contributed by atoms with E-state index in [2.05, 4.69) is 149 Å². The summed E-state index contributed by atoms with van der Waals surface area (Å²) < 4.78 is 10.9. The Labute approximate surface area is 338 Å². The van der Waals surface area contributed by atoms with Crippen LogP contribution in [0.15, 0.2) is 199 Å². The molecule has 0 aliphatic rings. The normalized spacial score (nSPS) is 11.7. The van der Waals surface area contributed by atoms with Gasteiger partial charge >= 0.3 is 0 Å². The Morgan fingerprint density at radius 2 is 0.915 bits per heavy atom. The molecule has 7 nitrogen and oxygen atoms in total. The minimum Gasteiger partial charge on any atom is -0.434 e. The molecular weight excluding hydrogens is 725 g/mol. The molecule has 0 atom stereocenters. The molecule has 276 valence electrons. The van der Waals surface area contributed by atoms with Crippen molar-refractivity contribution in [2.75, 3.05) is 0 Å². The molecule has 0 bridgehead atoms. The molecule has 4 heterocycles. The van der Waals surface area contributed by atoms with Crippen LogP contribution in [0, 0.1) is 0 Å². The number of rotatable bonds is 6. The number of para-hydroxylation sites is 4. The first-order chi connectivity index (χ1) is 29.3. The highest BCUT2D eigenvalue weighted by Gasteiger charge is 2.25. The third kappa shape index (κ3) is 5.29. The SMILES string of the molecule is c1ccc(-c2nc(-c3nc4ccccc4o3)nc(-n3c4ccccc4c4ccc5c6ccccc6n(-c6ccc(-c7ccccc7)c(-c7ccccc7)c6)c5c43)n2)cc1. The molecule has 0 amide bonds. The Hall–Kier alpha value is -8.16. The van der Waals surface area contributed by atoms with Gasteiger partial charge in [0.1, 0.15) is 5.52 Å². The minimum absolute atomic E-state index is 0.332. The molecule has 59 heavy (non-hydrogen) atoms. The maximum Gasteiger partial charge on any atom is 0.266 e. The molecule has 0 N–H and O–H groups in total. The monoisotopic (exact) mass is 756 g/mol. The second-order valence-corrected chi connectivity index (χ2v) is 14.7. The molecule has 12 aromatic rings. The summed E-state index contributed by atoms with van der Waals surface area (Å²) in [6, 6.07) is 67.5. The molecule has 0 spiro atoms. The molecule has 12 rings (SSSR count). The van der Waals surface area contributed by atoms with Gasteiger partial charge in [-0.2, -0.15) is 9.97 Å². The quantitative estimate of drug-likeness (QED) is 0.169. The van der Waals surface area contributed by atoms with Crippen molar-refractivity contribution in [3.63, 3.8) is 0 Å². The van der Waals surface area contributed by atoms with E-state index in [9.17, 15) is 0 Å². The zero-order chi connectivity index (χ0) is 38.9. The van der Waals surface area contributed by atoms with Crippen LogP contribution in [0.25, 0.3) is 112 Å². The summed E-state index contributed by atoms with van der Waals surface area (Å²) in [6.07, 6.45) is 0. The zero-order valence-electron chi connectivity index (χ0n) is 31.6. The highest BCUT2D eigenvalue weighted by atomic mass is 16.3. The molecule has 0 fully saturated rings. The van der Waals surface area contributed by atoms with E-state index in [-0.39, 0.29) is 0 Å². The Morgan fingerprint density at radius 1 is 0.373 bits per heavy atom. The lowest BCUT2D eigenvalue weighted by atomic mass is 9.94. The number of hydrogen-bond acceptors (Lipinski definition) is 5. The maximum atomic E-state index is 6.29. The number of fused-ring (bicyclic) bond motifs is 8. The van der Waals surface area contributed by atoms with E-state index in [0.717, 1.165) is 71.5 Å². The van der Waals surface area contributed by atoms with E-state index in [1.807, 2.05) is 54.6 Å². The lowest BCUT2D eigenvalue weighted by Crippen LogP contribution is -2.07. The zero-order valence-corrected chi connectivity index (χ0v) is 31.6. The van der Waals surface area contributed by atoms with E-state index in [0.29, 0.717) is 29.1 Å². The lowest BCUT2D eigenvalue weighted by molar-refractivity contribution is 0.612. The van der Waals surface area contributed by atoms with Gasteiger partial charge in [-0.05, 0) is 58.7 Å². The van der Waals surface area contributed by atoms with Crippen LogP contribution in [0.5, 0.6) is 0 Å². The molecule has 0 aliphatic heterocycles. The summed E-state index contributed by atoms with van der Waals surface area (Å²) in [5.41, 5.74) is 12.1. The highest BCUT2D eigenvalue weighted by Crippen LogP contribution is 2.43. The van der Waals surface area contributed by atoms with E-state index in [1.54, 1.807) is 0 Å². The van der Waals surface area contributed by atoms with Gasteiger partial charge in [-0.25, -0.2) is 9.97 Å². The summed E-state index contributed by atoms with van der Waals surface area (Å²) in [7, 11) is 0. The van der Waals surface area contributed by atoms with Crippen molar-refractivity contribution >= 4 is 54.7 Å². The van der Waals surface area contributed by atoms with Crippen LogP contribution < -0.4 is 0 Å². The number of oxazole rings is 1. The number of benzene rings is 8. The van der Waals surface area contributed by atoms with Crippen molar-refractivity contribution in [3.8, 4) is 57.0 Å². The summed E-state index contributed by atoms with van der Waals surface area (Å²) in [5.74, 6) is 1.68. The first-order valence-electron chi connectivity index (χ1n) is 19.7. The topological polar surface area (TPSA) is 74.6 Å². The second kappa shape index (κ2) is 13.2. The van der Waals surface area contributed by atoms with Gasteiger partial charge in [0.25, 0.3) is 5.89 Å². The first-order valence-corrected chi connectivity index (χ1v) is 19.7. The van der Waals surface area contributed by atoms with Crippen molar-refractivity contribution in [1.29, 1.82) is 0 Å². The number of aromatic nitrogens is 6. The van der Waals surface area contributed by atoms with Crippen molar-refractivity contribution in [1.82, 2.24) is 29.1 Å². The fourth-order valence-corrected chi connectivity index (χ4v) is 8.62. The van der Waals surface area contributed by atoms with Crippen LogP contribution in [0.2, 0.25) is 0 Å². The third-order valence-electron chi connectivity index (χ3n) is 11.2. The van der Waals surface area contributed by atoms with Gasteiger partial charge in [0.15, 0.2) is 11.4 Å². The number of nitrogens with zero attached hydrogens (tertiary/aromatic N) is 6. The summed E-state index contributed by atoms with van der Waals surface area (Å²) >= 11 is 0. The molecular formula is C52H32N6O. The number of hydrogen-bond donors (Lipinski definition) is 0. The second-order valence-electron chi connectivity index (χ2n) is 14.7. The Morgan fingerprint density at radius 3 is 1.59 bits per heavy atom. The lowest BCUT2D eigenvalue weighted by Gasteiger charge is -2.16. The summed E-state index contributed by atoms with van der Waals surface area (Å²) in [4.78, 5) is 20.3. The van der Waals surface area contributed by atoms with Gasteiger partial charge < -0.3 is 8.98 Å². The standard InChI is InChI=1S/C52H32N6O/c1-4-16-33(17-5-1)37-29-28-36(32-42(37)34-18-6-2-7-19-34)57-44-25-13-10-22-38(44)40-30-31-41-39-23-11-14-26-45(39)58(48(41)47(40)57)52-55-49(35-20-8-3-9-21-35)54-50(56-52)51-53-43-24-12-15-27-46(43)59-51/h1-32H. The Bertz CT molecular complexity index is 3520. The molecule has 4 aromatic heterocycles. The molecule has 0 saturated carbocycles. The van der Waals surface area contributed by atoms with Gasteiger partial charge in [0.05, 0.1) is 22.1 Å². The minimum atomic E-state index is 0.332. The van der Waals surface area contributed by atoms with E-state index in [4.69, 9.17) is 24.4 Å². The van der Waals surface area contributed by atoms with Crippen LogP contribution in [-0.2, 0) is 0 Å². The summed E-state index contributed by atoms with van der Waals surface area (Å²) in [5, 5.41) is 4.46. The first kappa shape index (κ1) is 33.0. The van der Waals surface area contributed by atoms with Crippen LogP contribution >= 0.6 is 0 Å². The molecule has 0 radical (unpaired) electrons. The smallest absolute Gasteiger partial charge is 0.266 e.